The summed E-state index contributed by atoms with van der Waals surface area (Å²) in [5.74, 6) is -2.12. The minimum absolute atomic E-state index is 0.0172. The normalized spacial score (nSPS) is 13.1. The molecule has 0 spiro atoms. The smallest absolute Gasteiger partial charge is 0.310 e. The van der Waals surface area contributed by atoms with Gasteiger partial charge in [0.1, 0.15) is 11.4 Å². The Labute approximate surface area is 139 Å². The van der Waals surface area contributed by atoms with Gasteiger partial charge in [-0.2, -0.15) is 5.26 Å². The third kappa shape index (κ3) is 5.22. The van der Waals surface area contributed by atoms with E-state index in [0.717, 1.165) is 0 Å². The molecule has 7 heteroatoms. The van der Waals surface area contributed by atoms with E-state index in [4.69, 9.17) is 21.6 Å². The molecular formula is C16H18ClFN2O3. The van der Waals surface area contributed by atoms with Crippen molar-refractivity contribution in [3.05, 3.63) is 34.6 Å². The van der Waals surface area contributed by atoms with Gasteiger partial charge in [-0.25, -0.2) is 4.39 Å². The van der Waals surface area contributed by atoms with Crippen LogP contribution in [0.2, 0.25) is 5.02 Å². The number of hydrogen-bond donors (Lipinski definition) is 1. The molecule has 0 fully saturated rings. The molecule has 0 aromatic heterocycles. The van der Waals surface area contributed by atoms with Crippen LogP contribution in [0.4, 0.5) is 4.39 Å². The highest BCUT2D eigenvalue weighted by atomic mass is 35.5. The summed E-state index contributed by atoms with van der Waals surface area (Å²) in [5, 5.41) is 11.7. The van der Waals surface area contributed by atoms with Gasteiger partial charge in [0.25, 0.3) is 5.91 Å². The van der Waals surface area contributed by atoms with Gasteiger partial charge in [0.15, 0.2) is 6.61 Å². The lowest BCUT2D eigenvalue weighted by Crippen LogP contribution is -2.50. The number of nitrogens with zero attached hydrogens (tertiary/aromatic N) is 1. The number of nitriles is 1. The first-order valence-corrected chi connectivity index (χ1v) is 7.38. The maximum absolute atomic E-state index is 13.6. The topological polar surface area (TPSA) is 79.2 Å². The summed E-state index contributed by atoms with van der Waals surface area (Å²) in [6, 6.07) is 6.08. The molecular weight excluding hydrogens is 323 g/mol. The molecule has 0 saturated heterocycles. The molecule has 0 aliphatic heterocycles. The van der Waals surface area contributed by atoms with E-state index in [1.54, 1.807) is 20.8 Å². The number of esters is 1. The van der Waals surface area contributed by atoms with Crippen LogP contribution in [0.25, 0.3) is 0 Å². The predicted octanol–water partition coefficient (Wildman–Crippen LogP) is 2.62. The van der Waals surface area contributed by atoms with Crippen LogP contribution >= 0.6 is 11.6 Å². The number of ether oxygens (including phenoxy) is 1. The molecule has 0 aliphatic rings. The van der Waals surface area contributed by atoms with Crippen LogP contribution in [0.15, 0.2) is 18.2 Å². The lowest BCUT2D eigenvalue weighted by Gasteiger charge is -2.27. The third-order valence-corrected chi connectivity index (χ3v) is 3.89. The van der Waals surface area contributed by atoms with E-state index in [2.05, 4.69) is 5.32 Å². The highest BCUT2D eigenvalue weighted by Gasteiger charge is 2.30. The van der Waals surface area contributed by atoms with Crippen LogP contribution in [0, 0.1) is 23.1 Å². The second-order valence-electron chi connectivity index (χ2n) is 5.55. The zero-order chi connectivity index (χ0) is 17.6. The molecule has 23 heavy (non-hydrogen) atoms. The summed E-state index contributed by atoms with van der Waals surface area (Å²) in [4.78, 5) is 23.5. The SMILES string of the molecule is CC(C)[C@](C)(C#N)NC(=O)COC(=O)Cc1c(F)cccc1Cl. The molecule has 0 saturated carbocycles. The lowest BCUT2D eigenvalue weighted by atomic mass is 9.90. The molecule has 0 bridgehead atoms. The molecule has 0 unspecified atom stereocenters. The largest absolute Gasteiger partial charge is 0.455 e. The standard InChI is InChI=1S/C16H18ClFN2O3/c1-10(2)16(3,9-19)20-14(21)8-23-15(22)7-11-12(17)5-4-6-13(11)18/h4-6,10H,7-8H2,1-3H3,(H,20,21)/t16-/m0/s1. The van der Waals surface area contributed by atoms with Crippen molar-refractivity contribution in [2.45, 2.75) is 32.7 Å². The number of benzene rings is 1. The maximum Gasteiger partial charge on any atom is 0.310 e. The highest BCUT2D eigenvalue weighted by molar-refractivity contribution is 6.31. The van der Waals surface area contributed by atoms with Crippen molar-refractivity contribution in [1.82, 2.24) is 5.32 Å². The quantitative estimate of drug-likeness (QED) is 0.807. The number of carbonyl (C=O) groups is 2. The monoisotopic (exact) mass is 340 g/mol. The van der Waals surface area contributed by atoms with Crippen molar-refractivity contribution in [1.29, 1.82) is 5.26 Å². The fourth-order valence-electron chi connectivity index (χ4n) is 1.67. The number of nitrogens with one attached hydrogen (secondary N) is 1. The van der Waals surface area contributed by atoms with Crippen LogP contribution < -0.4 is 5.32 Å². The Kier molecular flexibility index (Phi) is 6.52. The van der Waals surface area contributed by atoms with E-state index in [1.807, 2.05) is 6.07 Å². The molecule has 124 valence electrons. The van der Waals surface area contributed by atoms with Crippen LogP contribution in [-0.2, 0) is 20.7 Å². The van der Waals surface area contributed by atoms with Gasteiger partial charge in [0.05, 0.1) is 12.5 Å². The summed E-state index contributed by atoms with van der Waals surface area (Å²) < 4.78 is 18.4. The van der Waals surface area contributed by atoms with Crippen molar-refractivity contribution >= 4 is 23.5 Å². The van der Waals surface area contributed by atoms with Crippen molar-refractivity contribution in [2.75, 3.05) is 6.61 Å². The van der Waals surface area contributed by atoms with Gasteiger partial charge in [-0.15, -0.1) is 0 Å². The second kappa shape index (κ2) is 7.93. The number of carbonyl (C=O) groups excluding carboxylic acids is 2. The Morgan fingerprint density at radius 2 is 2.13 bits per heavy atom. The van der Waals surface area contributed by atoms with Gasteiger partial charge in [-0.1, -0.05) is 31.5 Å². The van der Waals surface area contributed by atoms with Crippen molar-refractivity contribution < 1.29 is 18.7 Å². The number of rotatable bonds is 6. The Morgan fingerprint density at radius 3 is 2.65 bits per heavy atom. The minimum Gasteiger partial charge on any atom is -0.455 e. The molecule has 5 nitrogen and oxygen atoms in total. The van der Waals surface area contributed by atoms with Gasteiger partial charge >= 0.3 is 5.97 Å². The van der Waals surface area contributed by atoms with Crippen molar-refractivity contribution in [3.8, 4) is 6.07 Å². The van der Waals surface area contributed by atoms with E-state index in [1.165, 1.54) is 18.2 Å². The van der Waals surface area contributed by atoms with Gasteiger partial charge in [-0.3, -0.25) is 9.59 Å². The minimum atomic E-state index is -1.06. The molecule has 1 rings (SSSR count). The second-order valence-corrected chi connectivity index (χ2v) is 5.96. The first kappa shape index (κ1) is 18.9. The summed E-state index contributed by atoms with van der Waals surface area (Å²) in [6.07, 6.45) is -0.377. The van der Waals surface area contributed by atoms with E-state index >= 15 is 0 Å². The fourth-order valence-corrected chi connectivity index (χ4v) is 1.90. The fraction of sp³-hybridized carbons (Fsp3) is 0.438. The Balaban J connectivity index is 2.57. The number of halogens is 2. The predicted molar refractivity (Wildman–Crippen MR) is 83.1 cm³/mol. The van der Waals surface area contributed by atoms with Gasteiger partial charge in [0, 0.05) is 10.6 Å². The van der Waals surface area contributed by atoms with E-state index < -0.39 is 29.8 Å². The summed E-state index contributed by atoms with van der Waals surface area (Å²) in [6.45, 7) is 4.61. The summed E-state index contributed by atoms with van der Waals surface area (Å²) >= 11 is 5.81. The van der Waals surface area contributed by atoms with E-state index in [-0.39, 0.29) is 22.9 Å². The molecule has 1 amide bonds. The number of amides is 1. The third-order valence-electron chi connectivity index (χ3n) is 3.53. The van der Waals surface area contributed by atoms with Crippen molar-refractivity contribution in [3.63, 3.8) is 0 Å². The van der Waals surface area contributed by atoms with E-state index in [0.29, 0.717) is 0 Å². The molecule has 1 aromatic carbocycles. The van der Waals surface area contributed by atoms with Crippen LogP contribution in [-0.4, -0.2) is 24.0 Å². The first-order chi connectivity index (χ1) is 10.7. The zero-order valence-electron chi connectivity index (χ0n) is 13.2. The Morgan fingerprint density at radius 1 is 1.48 bits per heavy atom. The van der Waals surface area contributed by atoms with Crippen LogP contribution in [0.5, 0.6) is 0 Å². The van der Waals surface area contributed by atoms with Crippen LogP contribution in [0.3, 0.4) is 0 Å². The van der Waals surface area contributed by atoms with Gasteiger partial charge in [-0.05, 0) is 25.0 Å². The number of hydrogen-bond acceptors (Lipinski definition) is 4. The Hall–Kier alpha value is -2.13. The zero-order valence-corrected chi connectivity index (χ0v) is 13.9. The van der Waals surface area contributed by atoms with Crippen molar-refractivity contribution in [2.24, 2.45) is 5.92 Å². The van der Waals surface area contributed by atoms with Crippen LogP contribution in [0.1, 0.15) is 26.3 Å². The average Bonchev–Trinajstić information content (AvgIpc) is 2.48. The van der Waals surface area contributed by atoms with Gasteiger partial charge in [0.2, 0.25) is 0 Å². The average molecular weight is 341 g/mol. The first-order valence-electron chi connectivity index (χ1n) is 7.00. The molecule has 1 N–H and O–H groups in total. The summed E-state index contributed by atoms with van der Waals surface area (Å²) in [7, 11) is 0. The lowest BCUT2D eigenvalue weighted by molar-refractivity contribution is -0.148. The summed E-state index contributed by atoms with van der Waals surface area (Å²) in [5.41, 5.74) is -1.04. The molecule has 0 heterocycles. The van der Waals surface area contributed by atoms with E-state index in [9.17, 15) is 14.0 Å². The van der Waals surface area contributed by atoms with Gasteiger partial charge < -0.3 is 10.1 Å². The Bertz CT molecular complexity index is 622. The maximum atomic E-state index is 13.6. The molecule has 0 aliphatic carbocycles. The molecule has 1 aromatic rings. The molecule has 1 atom stereocenters. The highest BCUT2D eigenvalue weighted by Crippen LogP contribution is 2.19. The molecule has 0 radical (unpaired) electrons.